The number of anilines is 1. The van der Waals surface area contributed by atoms with Crippen molar-refractivity contribution in [3.05, 3.63) is 58.6 Å². The number of carbonyl (C=O) groups excluding carboxylic acids is 2. The lowest BCUT2D eigenvalue weighted by atomic mass is 9.53. The predicted molar refractivity (Wildman–Crippen MR) is 135 cm³/mol. The van der Waals surface area contributed by atoms with Crippen molar-refractivity contribution in [2.24, 2.45) is 17.8 Å². The summed E-state index contributed by atoms with van der Waals surface area (Å²) < 4.78 is 33.5. The van der Waals surface area contributed by atoms with Gasteiger partial charge in [0.2, 0.25) is 0 Å². The van der Waals surface area contributed by atoms with Crippen LogP contribution in [0.25, 0.3) is 0 Å². The van der Waals surface area contributed by atoms with Gasteiger partial charge in [-0.25, -0.2) is 13.2 Å². The molecule has 0 unspecified atom stereocenters. The average molecular weight is 529 g/mol. The SMILES string of the molecule is O=C(COC(=O)c1ccc(Cl)c(S(=O)(=O)N2CCc3ccccc32)c1)NC12CC3CC(CC(C3)C1)C2. The molecule has 190 valence electrons. The summed E-state index contributed by atoms with van der Waals surface area (Å²) in [6.45, 7) is -0.0953. The summed E-state index contributed by atoms with van der Waals surface area (Å²) in [5, 5.41) is 3.21. The van der Waals surface area contributed by atoms with Gasteiger partial charge >= 0.3 is 5.97 Å². The number of halogens is 1. The van der Waals surface area contributed by atoms with Crippen LogP contribution in [0.1, 0.15) is 54.4 Å². The van der Waals surface area contributed by atoms with E-state index in [1.165, 1.54) is 41.8 Å². The molecule has 7 nitrogen and oxygen atoms in total. The molecule has 36 heavy (non-hydrogen) atoms. The summed E-state index contributed by atoms with van der Waals surface area (Å²) in [7, 11) is -3.99. The van der Waals surface area contributed by atoms with Crippen molar-refractivity contribution in [3.8, 4) is 0 Å². The number of carbonyl (C=O) groups is 2. The van der Waals surface area contributed by atoms with E-state index in [4.69, 9.17) is 16.3 Å². The Morgan fingerprint density at radius 2 is 1.69 bits per heavy atom. The number of esters is 1. The number of ether oxygens (including phenoxy) is 1. The van der Waals surface area contributed by atoms with E-state index in [-0.39, 0.29) is 26.9 Å². The molecular formula is C27H29ClN2O5S. The lowest BCUT2D eigenvalue weighted by Crippen LogP contribution is -2.60. The molecule has 1 amide bonds. The van der Waals surface area contributed by atoms with E-state index >= 15 is 0 Å². The summed E-state index contributed by atoms with van der Waals surface area (Å²) in [6, 6.07) is 11.3. The minimum Gasteiger partial charge on any atom is -0.452 e. The first-order chi connectivity index (χ1) is 17.2. The Morgan fingerprint density at radius 1 is 1.03 bits per heavy atom. The minimum atomic E-state index is -3.99. The number of para-hydroxylation sites is 1. The molecule has 0 saturated heterocycles. The zero-order chi connectivity index (χ0) is 25.1. The number of sulfonamides is 1. The molecular weight excluding hydrogens is 500 g/mol. The van der Waals surface area contributed by atoms with Gasteiger partial charge < -0.3 is 10.1 Å². The topological polar surface area (TPSA) is 92.8 Å². The van der Waals surface area contributed by atoms with Crippen LogP contribution in [0.3, 0.4) is 0 Å². The molecule has 4 saturated carbocycles. The second-order valence-electron chi connectivity index (χ2n) is 10.9. The molecule has 9 heteroatoms. The zero-order valence-electron chi connectivity index (χ0n) is 19.9. The maximum Gasteiger partial charge on any atom is 0.338 e. The highest BCUT2D eigenvalue weighted by Gasteiger charge is 2.51. The van der Waals surface area contributed by atoms with Gasteiger partial charge in [-0.05, 0) is 92.5 Å². The van der Waals surface area contributed by atoms with E-state index in [0.717, 1.165) is 24.8 Å². The molecule has 4 aliphatic carbocycles. The third kappa shape index (κ3) is 4.18. The lowest BCUT2D eigenvalue weighted by Gasteiger charge is -2.56. The molecule has 4 fully saturated rings. The summed E-state index contributed by atoms with van der Waals surface area (Å²) in [5.41, 5.74) is 1.43. The maximum atomic E-state index is 13.4. The van der Waals surface area contributed by atoms with Crippen LogP contribution in [-0.4, -0.2) is 39.0 Å². The molecule has 4 bridgehead atoms. The van der Waals surface area contributed by atoms with E-state index < -0.39 is 22.6 Å². The van der Waals surface area contributed by atoms with Gasteiger partial charge in [-0.15, -0.1) is 0 Å². The van der Waals surface area contributed by atoms with Crippen LogP contribution in [0.2, 0.25) is 5.02 Å². The Bertz CT molecular complexity index is 1310. The minimum absolute atomic E-state index is 0.0236. The average Bonchev–Trinajstić information content (AvgIpc) is 3.27. The van der Waals surface area contributed by atoms with Crippen molar-refractivity contribution in [2.45, 2.75) is 55.4 Å². The number of amides is 1. The Morgan fingerprint density at radius 3 is 2.39 bits per heavy atom. The van der Waals surface area contributed by atoms with Crippen molar-refractivity contribution >= 4 is 39.2 Å². The van der Waals surface area contributed by atoms with Crippen LogP contribution in [-0.2, 0) is 26.0 Å². The lowest BCUT2D eigenvalue weighted by molar-refractivity contribution is -0.130. The van der Waals surface area contributed by atoms with Gasteiger partial charge in [0.15, 0.2) is 6.61 Å². The monoisotopic (exact) mass is 528 g/mol. The number of rotatable bonds is 6. The zero-order valence-corrected chi connectivity index (χ0v) is 21.5. The predicted octanol–water partition coefficient (Wildman–Crippen LogP) is 4.33. The summed E-state index contributed by atoms with van der Waals surface area (Å²) in [6.07, 6.45) is 7.45. The van der Waals surface area contributed by atoms with Gasteiger partial charge in [-0.1, -0.05) is 29.8 Å². The number of hydrogen-bond donors (Lipinski definition) is 1. The first kappa shape index (κ1) is 23.8. The fourth-order valence-corrected chi connectivity index (χ4v) is 9.32. The molecule has 1 N–H and O–H groups in total. The van der Waals surface area contributed by atoms with E-state index in [0.29, 0.717) is 36.4 Å². The molecule has 0 aromatic heterocycles. The summed E-state index contributed by atoms with van der Waals surface area (Å²) in [5.74, 6) is 1.01. The molecule has 7 rings (SSSR count). The van der Waals surface area contributed by atoms with Crippen molar-refractivity contribution in [1.29, 1.82) is 0 Å². The van der Waals surface area contributed by atoms with Crippen molar-refractivity contribution < 1.29 is 22.7 Å². The molecule has 1 aliphatic heterocycles. The Kier molecular flexibility index (Phi) is 5.80. The van der Waals surface area contributed by atoms with Crippen LogP contribution in [0.4, 0.5) is 5.69 Å². The van der Waals surface area contributed by atoms with Crippen molar-refractivity contribution in [1.82, 2.24) is 5.32 Å². The highest BCUT2D eigenvalue weighted by atomic mass is 35.5. The van der Waals surface area contributed by atoms with E-state index in [1.807, 2.05) is 12.1 Å². The molecule has 0 radical (unpaired) electrons. The highest BCUT2D eigenvalue weighted by Crippen LogP contribution is 2.55. The van der Waals surface area contributed by atoms with E-state index in [9.17, 15) is 18.0 Å². The largest absolute Gasteiger partial charge is 0.452 e. The van der Waals surface area contributed by atoms with Crippen molar-refractivity contribution in [2.75, 3.05) is 17.5 Å². The van der Waals surface area contributed by atoms with Crippen LogP contribution in [0.5, 0.6) is 0 Å². The van der Waals surface area contributed by atoms with Gasteiger partial charge in [0, 0.05) is 12.1 Å². The Hall–Kier alpha value is -2.58. The summed E-state index contributed by atoms with van der Waals surface area (Å²) in [4.78, 5) is 25.3. The molecule has 2 aromatic rings. The molecule has 5 aliphatic rings. The molecule has 0 spiro atoms. The van der Waals surface area contributed by atoms with Gasteiger partial charge in [0.05, 0.1) is 16.3 Å². The number of nitrogens with zero attached hydrogens (tertiary/aromatic N) is 1. The Labute approximate surface area is 216 Å². The fourth-order valence-electron chi connectivity index (χ4n) is 7.31. The molecule has 1 heterocycles. The van der Waals surface area contributed by atoms with Crippen LogP contribution in [0.15, 0.2) is 47.4 Å². The second kappa shape index (κ2) is 8.77. The Balaban J connectivity index is 1.14. The number of hydrogen-bond acceptors (Lipinski definition) is 5. The van der Waals surface area contributed by atoms with Gasteiger partial charge in [0.25, 0.3) is 15.9 Å². The third-order valence-corrected chi connectivity index (χ3v) is 10.7. The normalized spacial score (nSPS) is 28.1. The van der Waals surface area contributed by atoms with Gasteiger partial charge in [-0.2, -0.15) is 0 Å². The number of fused-ring (bicyclic) bond motifs is 1. The first-order valence-electron chi connectivity index (χ1n) is 12.6. The van der Waals surface area contributed by atoms with E-state index in [2.05, 4.69) is 5.32 Å². The number of benzene rings is 2. The van der Waals surface area contributed by atoms with Gasteiger partial charge in [-0.3, -0.25) is 9.10 Å². The highest BCUT2D eigenvalue weighted by molar-refractivity contribution is 7.93. The van der Waals surface area contributed by atoms with Crippen LogP contribution < -0.4 is 9.62 Å². The molecule has 0 atom stereocenters. The second-order valence-corrected chi connectivity index (χ2v) is 13.2. The van der Waals surface area contributed by atoms with Gasteiger partial charge in [0.1, 0.15) is 4.90 Å². The summed E-state index contributed by atoms with van der Waals surface area (Å²) >= 11 is 6.27. The first-order valence-corrected chi connectivity index (χ1v) is 14.4. The van der Waals surface area contributed by atoms with E-state index in [1.54, 1.807) is 12.1 Å². The maximum absolute atomic E-state index is 13.4. The third-order valence-electron chi connectivity index (χ3n) is 8.36. The van der Waals surface area contributed by atoms with Crippen LogP contribution >= 0.6 is 11.6 Å². The van der Waals surface area contributed by atoms with Crippen LogP contribution in [0, 0.1) is 17.8 Å². The smallest absolute Gasteiger partial charge is 0.338 e. The fraction of sp³-hybridized carbons (Fsp3) is 0.481. The number of nitrogens with one attached hydrogen (secondary N) is 1. The quantitative estimate of drug-likeness (QED) is 0.563. The molecule has 2 aromatic carbocycles. The standard InChI is InChI=1S/C27H29ClN2O5S/c28-22-6-5-21(12-24(22)36(33,34)30-8-7-20-3-1-2-4-23(20)30)26(32)35-16-25(31)29-27-13-17-9-18(14-27)11-19(10-17)15-27/h1-6,12,17-19H,7-11,13-16H2,(H,29,31). The van der Waals surface area contributed by atoms with Crippen molar-refractivity contribution in [3.63, 3.8) is 0 Å².